The van der Waals surface area contributed by atoms with E-state index in [2.05, 4.69) is 26.6 Å². The molecule has 0 heterocycles. The molecule has 0 radical (unpaired) electrons. The quantitative estimate of drug-likeness (QED) is 0.725. The van der Waals surface area contributed by atoms with E-state index >= 15 is 0 Å². The summed E-state index contributed by atoms with van der Waals surface area (Å²) in [6.07, 6.45) is 0. The van der Waals surface area contributed by atoms with Crippen molar-refractivity contribution in [2.24, 2.45) is 0 Å². The molecule has 1 amide bonds. The SMILES string of the molecule is COc1ccc(Br)cc1C(=O)NC(=S)Nc1ccc(C)c(Cl)c1. The first-order valence-electron chi connectivity index (χ1n) is 6.62. The van der Waals surface area contributed by atoms with E-state index in [0.717, 1.165) is 10.0 Å². The number of anilines is 1. The normalized spacial score (nSPS) is 10.1. The average Bonchev–Trinajstić information content (AvgIpc) is 2.50. The predicted octanol–water partition coefficient (Wildman–Crippen LogP) is 4.55. The van der Waals surface area contributed by atoms with Crippen LogP contribution in [0.25, 0.3) is 0 Å². The largest absolute Gasteiger partial charge is 0.496 e. The third-order valence-electron chi connectivity index (χ3n) is 3.06. The number of carbonyl (C=O) groups is 1. The summed E-state index contributed by atoms with van der Waals surface area (Å²) < 4.78 is 5.96. The summed E-state index contributed by atoms with van der Waals surface area (Å²) in [6, 6.07) is 10.6. The fourth-order valence-electron chi connectivity index (χ4n) is 1.86. The molecule has 7 heteroatoms. The van der Waals surface area contributed by atoms with Crippen LogP contribution in [-0.4, -0.2) is 18.1 Å². The fraction of sp³-hybridized carbons (Fsp3) is 0.125. The molecule has 0 aliphatic rings. The van der Waals surface area contributed by atoms with Crippen molar-refractivity contribution in [1.82, 2.24) is 5.32 Å². The molecular formula is C16H14BrClN2O2S. The number of ether oxygens (including phenoxy) is 1. The van der Waals surface area contributed by atoms with E-state index in [9.17, 15) is 4.79 Å². The number of rotatable bonds is 3. The lowest BCUT2D eigenvalue weighted by Gasteiger charge is -2.12. The van der Waals surface area contributed by atoms with Crippen molar-refractivity contribution in [3.8, 4) is 5.75 Å². The summed E-state index contributed by atoms with van der Waals surface area (Å²) in [5.41, 5.74) is 2.05. The maximum absolute atomic E-state index is 12.3. The van der Waals surface area contributed by atoms with Crippen LogP contribution in [0.15, 0.2) is 40.9 Å². The van der Waals surface area contributed by atoms with Gasteiger partial charge in [-0.05, 0) is 55.0 Å². The Labute approximate surface area is 153 Å². The number of hydrogen-bond donors (Lipinski definition) is 2. The number of hydrogen-bond acceptors (Lipinski definition) is 3. The van der Waals surface area contributed by atoms with Crippen LogP contribution in [0, 0.1) is 6.92 Å². The molecule has 0 aliphatic carbocycles. The van der Waals surface area contributed by atoms with Crippen molar-refractivity contribution < 1.29 is 9.53 Å². The molecule has 120 valence electrons. The molecule has 2 N–H and O–H groups in total. The number of carbonyl (C=O) groups excluding carboxylic acids is 1. The number of methoxy groups -OCH3 is 1. The molecular weight excluding hydrogens is 400 g/mol. The van der Waals surface area contributed by atoms with Gasteiger partial charge in [-0.3, -0.25) is 10.1 Å². The van der Waals surface area contributed by atoms with Crippen molar-refractivity contribution in [2.75, 3.05) is 12.4 Å². The van der Waals surface area contributed by atoms with Crippen molar-refractivity contribution >= 4 is 56.5 Å². The van der Waals surface area contributed by atoms with E-state index < -0.39 is 0 Å². The zero-order valence-electron chi connectivity index (χ0n) is 12.4. The second-order valence-corrected chi connectivity index (χ2v) is 6.45. The maximum atomic E-state index is 12.3. The predicted molar refractivity (Wildman–Crippen MR) is 101 cm³/mol. The number of thiocarbonyl (C=S) groups is 1. The van der Waals surface area contributed by atoms with Gasteiger partial charge in [0.05, 0.1) is 12.7 Å². The van der Waals surface area contributed by atoms with Gasteiger partial charge in [0.15, 0.2) is 5.11 Å². The monoisotopic (exact) mass is 412 g/mol. The highest BCUT2D eigenvalue weighted by atomic mass is 79.9. The second kappa shape index (κ2) is 7.77. The minimum absolute atomic E-state index is 0.178. The van der Waals surface area contributed by atoms with Gasteiger partial charge in [0.1, 0.15) is 5.75 Å². The Bertz CT molecular complexity index is 768. The lowest BCUT2D eigenvalue weighted by Crippen LogP contribution is -2.34. The van der Waals surface area contributed by atoms with Gasteiger partial charge in [-0.1, -0.05) is 33.6 Å². The van der Waals surface area contributed by atoms with E-state index in [1.165, 1.54) is 7.11 Å². The van der Waals surface area contributed by atoms with E-state index in [1.807, 2.05) is 19.1 Å². The number of amides is 1. The first-order valence-corrected chi connectivity index (χ1v) is 8.20. The molecule has 0 aliphatic heterocycles. The van der Waals surface area contributed by atoms with E-state index in [1.54, 1.807) is 24.3 Å². The van der Waals surface area contributed by atoms with Crippen LogP contribution in [0.1, 0.15) is 15.9 Å². The third-order valence-corrected chi connectivity index (χ3v) is 4.17. The van der Waals surface area contributed by atoms with Gasteiger partial charge in [0, 0.05) is 15.2 Å². The average molecular weight is 414 g/mol. The van der Waals surface area contributed by atoms with Gasteiger partial charge in [0.2, 0.25) is 0 Å². The van der Waals surface area contributed by atoms with Crippen LogP contribution >= 0.6 is 39.7 Å². The topological polar surface area (TPSA) is 50.4 Å². The number of aryl methyl sites for hydroxylation is 1. The van der Waals surface area contributed by atoms with Gasteiger partial charge in [-0.15, -0.1) is 0 Å². The van der Waals surface area contributed by atoms with Gasteiger partial charge >= 0.3 is 0 Å². The molecule has 0 atom stereocenters. The smallest absolute Gasteiger partial charge is 0.261 e. The Kier molecular flexibility index (Phi) is 5.98. The Balaban J connectivity index is 2.09. The highest BCUT2D eigenvalue weighted by molar-refractivity contribution is 9.10. The van der Waals surface area contributed by atoms with E-state index in [4.69, 9.17) is 28.6 Å². The molecule has 0 unspecified atom stereocenters. The van der Waals surface area contributed by atoms with E-state index in [0.29, 0.717) is 22.0 Å². The summed E-state index contributed by atoms with van der Waals surface area (Å²) in [7, 11) is 1.50. The van der Waals surface area contributed by atoms with Crippen molar-refractivity contribution in [2.45, 2.75) is 6.92 Å². The van der Waals surface area contributed by atoms with E-state index in [-0.39, 0.29) is 11.0 Å². The summed E-state index contributed by atoms with van der Waals surface area (Å²) in [5, 5.41) is 6.34. The standard InChI is InChI=1S/C16H14BrClN2O2S/c1-9-3-5-11(8-13(9)18)19-16(23)20-15(21)12-7-10(17)4-6-14(12)22-2/h3-8H,1-2H3,(H2,19,20,21,23). The first-order chi connectivity index (χ1) is 10.9. The maximum Gasteiger partial charge on any atom is 0.261 e. The highest BCUT2D eigenvalue weighted by Gasteiger charge is 2.14. The summed E-state index contributed by atoms with van der Waals surface area (Å²) in [4.78, 5) is 12.3. The zero-order chi connectivity index (χ0) is 17.0. The molecule has 0 saturated heterocycles. The summed E-state index contributed by atoms with van der Waals surface area (Å²) >= 11 is 14.6. The number of nitrogens with one attached hydrogen (secondary N) is 2. The van der Waals surface area contributed by atoms with Crippen LogP contribution in [-0.2, 0) is 0 Å². The van der Waals surface area contributed by atoms with Crippen LogP contribution in [0.5, 0.6) is 5.75 Å². The number of benzene rings is 2. The molecule has 0 saturated carbocycles. The zero-order valence-corrected chi connectivity index (χ0v) is 15.6. The Morgan fingerprint density at radius 1 is 1.26 bits per heavy atom. The highest BCUT2D eigenvalue weighted by Crippen LogP contribution is 2.23. The summed E-state index contributed by atoms with van der Waals surface area (Å²) in [5.74, 6) is 0.103. The molecule has 2 aromatic carbocycles. The molecule has 2 aromatic rings. The third kappa shape index (κ3) is 4.67. The van der Waals surface area contributed by atoms with Crippen LogP contribution in [0.2, 0.25) is 5.02 Å². The number of halogens is 2. The molecule has 0 bridgehead atoms. The lowest BCUT2D eigenvalue weighted by molar-refractivity contribution is 0.0974. The van der Waals surface area contributed by atoms with Crippen molar-refractivity contribution in [3.05, 3.63) is 57.0 Å². The van der Waals surface area contributed by atoms with Crippen molar-refractivity contribution in [3.63, 3.8) is 0 Å². The Morgan fingerprint density at radius 3 is 2.65 bits per heavy atom. The second-order valence-electron chi connectivity index (χ2n) is 4.72. The van der Waals surface area contributed by atoms with Crippen LogP contribution in [0.3, 0.4) is 0 Å². The van der Waals surface area contributed by atoms with Gasteiger partial charge in [-0.25, -0.2) is 0 Å². The first kappa shape index (κ1) is 17.7. The van der Waals surface area contributed by atoms with Gasteiger partial charge in [-0.2, -0.15) is 0 Å². The van der Waals surface area contributed by atoms with Crippen LogP contribution in [0.4, 0.5) is 5.69 Å². The Hall–Kier alpha value is -1.63. The van der Waals surface area contributed by atoms with Gasteiger partial charge < -0.3 is 10.1 Å². The van der Waals surface area contributed by atoms with Crippen molar-refractivity contribution in [1.29, 1.82) is 0 Å². The Morgan fingerprint density at radius 2 is 2.00 bits per heavy atom. The molecule has 0 fully saturated rings. The molecule has 0 aromatic heterocycles. The minimum Gasteiger partial charge on any atom is -0.496 e. The lowest BCUT2D eigenvalue weighted by atomic mass is 10.2. The molecule has 23 heavy (non-hydrogen) atoms. The van der Waals surface area contributed by atoms with Gasteiger partial charge in [0.25, 0.3) is 5.91 Å². The molecule has 0 spiro atoms. The minimum atomic E-state index is -0.362. The molecule has 4 nitrogen and oxygen atoms in total. The van der Waals surface area contributed by atoms with Crippen LogP contribution < -0.4 is 15.4 Å². The fourth-order valence-corrected chi connectivity index (χ4v) is 2.61. The molecule has 2 rings (SSSR count). The summed E-state index contributed by atoms with van der Waals surface area (Å²) in [6.45, 7) is 1.91.